The minimum absolute atomic E-state index is 0.255. The molecule has 2 aromatic rings. The SMILES string of the molecule is Cc1ccc(CN(C)C(=O)C(C)N(c2ccccc2)S(C)(=O)=O)cc1. The van der Waals surface area contributed by atoms with E-state index < -0.39 is 16.1 Å². The van der Waals surface area contributed by atoms with Crippen molar-refractivity contribution in [3.05, 3.63) is 65.7 Å². The molecule has 0 aliphatic heterocycles. The van der Waals surface area contributed by atoms with Gasteiger partial charge in [-0.1, -0.05) is 48.0 Å². The highest BCUT2D eigenvalue weighted by atomic mass is 32.2. The lowest BCUT2D eigenvalue weighted by molar-refractivity contribution is -0.131. The number of amides is 1. The molecule has 1 atom stereocenters. The van der Waals surface area contributed by atoms with Crippen LogP contribution in [0.25, 0.3) is 0 Å². The zero-order chi connectivity index (χ0) is 18.6. The molecule has 0 N–H and O–H groups in total. The Morgan fingerprint density at radius 1 is 1.04 bits per heavy atom. The van der Waals surface area contributed by atoms with Crippen molar-refractivity contribution < 1.29 is 13.2 Å². The molecule has 0 aliphatic carbocycles. The molecular formula is C19H24N2O3S. The molecule has 0 aliphatic rings. The first-order chi connectivity index (χ1) is 11.7. The van der Waals surface area contributed by atoms with Gasteiger partial charge in [-0.15, -0.1) is 0 Å². The fourth-order valence-corrected chi connectivity index (χ4v) is 3.91. The third-order valence-corrected chi connectivity index (χ3v) is 5.24. The zero-order valence-corrected chi connectivity index (χ0v) is 15.8. The number of benzene rings is 2. The van der Waals surface area contributed by atoms with Crippen LogP contribution in [0.2, 0.25) is 0 Å². The van der Waals surface area contributed by atoms with Crippen LogP contribution < -0.4 is 4.31 Å². The van der Waals surface area contributed by atoms with Crippen LogP contribution in [0.3, 0.4) is 0 Å². The van der Waals surface area contributed by atoms with E-state index in [4.69, 9.17) is 0 Å². The first-order valence-electron chi connectivity index (χ1n) is 8.05. The standard InChI is InChI=1S/C19H24N2O3S/c1-15-10-12-17(13-11-15)14-20(3)19(22)16(2)21(25(4,23)24)18-8-6-5-7-9-18/h5-13,16H,14H2,1-4H3. The van der Waals surface area contributed by atoms with Gasteiger partial charge in [0.1, 0.15) is 6.04 Å². The summed E-state index contributed by atoms with van der Waals surface area (Å²) in [7, 11) is -1.90. The summed E-state index contributed by atoms with van der Waals surface area (Å²) < 4.78 is 25.7. The minimum Gasteiger partial charge on any atom is -0.340 e. The lowest BCUT2D eigenvalue weighted by atomic mass is 10.1. The number of hydrogen-bond donors (Lipinski definition) is 0. The Labute approximate surface area is 149 Å². The third-order valence-electron chi connectivity index (χ3n) is 3.99. The fourth-order valence-electron chi connectivity index (χ4n) is 2.74. The van der Waals surface area contributed by atoms with E-state index in [2.05, 4.69) is 0 Å². The first-order valence-corrected chi connectivity index (χ1v) is 9.90. The van der Waals surface area contributed by atoms with Gasteiger partial charge in [0.05, 0.1) is 11.9 Å². The van der Waals surface area contributed by atoms with E-state index in [0.717, 1.165) is 17.4 Å². The summed E-state index contributed by atoms with van der Waals surface area (Å²) in [5, 5.41) is 0. The zero-order valence-electron chi connectivity index (χ0n) is 15.0. The van der Waals surface area contributed by atoms with Gasteiger partial charge in [0.2, 0.25) is 15.9 Å². The van der Waals surface area contributed by atoms with Crippen LogP contribution in [0, 0.1) is 6.92 Å². The molecule has 1 amide bonds. The van der Waals surface area contributed by atoms with E-state index in [-0.39, 0.29) is 5.91 Å². The van der Waals surface area contributed by atoms with Crippen molar-refractivity contribution in [2.75, 3.05) is 17.6 Å². The number of para-hydroxylation sites is 1. The van der Waals surface area contributed by atoms with Gasteiger partial charge in [0, 0.05) is 13.6 Å². The molecule has 0 saturated heterocycles. The van der Waals surface area contributed by atoms with Gasteiger partial charge in [-0.2, -0.15) is 0 Å². The molecule has 0 fully saturated rings. The summed E-state index contributed by atoms with van der Waals surface area (Å²) in [6.07, 6.45) is 1.11. The Bertz CT molecular complexity index is 818. The van der Waals surface area contributed by atoms with Crippen molar-refractivity contribution in [2.24, 2.45) is 0 Å². The predicted molar refractivity (Wildman–Crippen MR) is 101 cm³/mol. The van der Waals surface area contributed by atoms with Gasteiger partial charge >= 0.3 is 0 Å². The topological polar surface area (TPSA) is 57.7 Å². The quantitative estimate of drug-likeness (QED) is 0.796. The maximum Gasteiger partial charge on any atom is 0.246 e. The van der Waals surface area contributed by atoms with Crippen LogP contribution in [0.5, 0.6) is 0 Å². The smallest absolute Gasteiger partial charge is 0.246 e. The maximum atomic E-state index is 12.8. The molecule has 2 aromatic carbocycles. The molecule has 0 aromatic heterocycles. The summed E-state index contributed by atoms with van der Waals surface area (Å²) in [5.74, 6) is -0.255. The van der Waals surface area contributed by atoms with E-state index in [1.54, 1.807) is 49.2 Å². The number of hydrogen-bond acceptors (Lipinski definition) is 3. The maximum absolute atomic E-state index is 12.8. The van der Waals surface area contributed by atoms with E-state index >= 15 is 0 Å². The van der Waals surface area contributed by atoms with E-state index in [1.165, 1.54) is 4.31 Å². The molecule has 0 heterocycles. The number of carbonyl (C=O) groups is 1. The number of sulfonamides is 1. The Morgan fingerprint density at radius 2 is 1.60 bits per heavy atom. The average molecular weight is 360 g/mol. The Morgan fingerprint density at radius 3 is 2.12 bits per heavy atom. The molecule has 0 saturated carbocycles. The summed E-state index contributed by atoms with van der Waals surface area (Å²) in [6, 6.07) is 15.8. The van der Waals surface area contributed by atoms with Crippen molar-refractivity contribution in [3.8, 4) is 0 Å². The van der Waals surface area contributed by atoms with Crippen molar-refractivity contribution in [2.45, 2.75) is 26.4 Å². The number of likely N-dealkylation sites (N-methyl/N-ethyl adjacent to an activating group) is 1. The van der Waals surface area contributed by atoms with Crippen LogP contribution >= 0.6 is 0 Å². The highest BCUT2D eigenvalue weighted by molar-refractivity contribution is 7.92. The number of carbonyl (C=O) groups excluding carboxylic acids is 1. The van der Waals surface area contributed by atoms with Crippen molar-refractivity contribution >= 4 is 21.6 Å². The van der Waals surface area contributed by atoms with Gasteiger partial charge < -0.3 is 4.90 Å². The summed E-state index contributed by atoms with van der Waals surface area (Å²) in [5.41, 5.74) is 2.63. The largest absolute Gasteiger partial charge is 0.340 e. The van der Waals surface area contributed by atoms with Gasteiger partial charge in [-0.05, 0) is 31.5 Å². The third kappa shape index (κ3) is 4.82. The number of rotatable bonds is 6. The van der Waals surface area contributed by atoms with Crippen LogP contribution in [-0.4, -0.2) is 38.6 Å². The van der Waals surface area contributed by atoms with Crippen molar-refractivity contribution in [1.82, 2.24) is 4.90 Å². The summed E-state index contributed by atoms with van der Waals surface area (Å²) >= 11 is 0. The van der Waals surface area contributed by atoms with Crippen LogP contribution in [-0.2, 0) is 21.4 Å². The van der Waals surface area contributed by atoms with E-state index in [0.29, 0.717) is 12.2 Å². The number of aryl methyl sites for hydroxylation is 1. The molecule has 25 heavy (non-hydrogen) atoms. The Balaban J connectivity index is 2.21. The van der Waals surface area contributed by atoms with Gasteiger partial charge in [0.15, 0.2) is 0 Å². The second kappa shape index (κ2) is 7.70. The Hall–Kier alpha value is -2.34. The molecule has 134 valence electrons. The second-order valence-corrected chi connectivity index (χ2v) is 8.11. The number of anilines is 1. The number of nitrogens with zero attached hydrogens (tertiary/aromatic N) is 2. The second-order valence-electron chi connectivity index (χ2n) is 6.25. The molecule has 0 spiro atoms. The van der Waals surface area contributed by atoms with Crippen LogP contribution in [0.1, 0.15) is 18.1 Å². The molecule has 2 rings (SSSR count). The molecular weight excluding hydrogens is 336 g/mol. The van der Waals surface area contributed by atoms with Crippen LogP contribution in [0.15, 0.2) is 54.6 Å². The van der Waals surface area contributed by atoms with Crippen molar-refractivity contribution in [1.29, 1.82) is 0 Å². The van der Waals surface area contributed by atoms with Crippen LogP contribution in [0.4, 0.5) is 5.69 Å². The molecule has 0 radical (unpaired) electrons. The predicted octanol–water partition coefficient (Wildman–Crippen LogP) is 2.81. The highest BCUT2D eigenvalue weighted by Crippen LogP contribution is 2.21. The Kier molecular flexibility index (Phi) is 5.85. The molecule has 0 bridgehead atoms. The first kappa shape index (κ1) is 19.0. The molecule has 1 unspecified atom stereocenters. The molecule has 6 heteroatoms. The van der Waals surface area contributed by atoms with E-state index in [9.17, 15) is 13.2 Å². The lowest BCUT2D eigenvalue weighted by Gasteiger charge is -2.31. The van der Waals surface area contributed by atoms with Gasteiger partial charge in [-0.3, -0.25) is 9.10 Å². The average Bonchev–Trinajstić information content (AvgIpc) is 2.56. The van der Waals surface area contributed by atoms with Gasteiger partial charge in [0.25, 0.3) is 0 Å². The minimum atomic E-state index is -3.59. The monoisotopic (exact) mass is 360 g/mol. The lowest BCUT2D eigenvalue weighted by Crippen LogP contribution is -2.48. The molecule has 5 nitrogen and oxygen atoms in total. The van der Waals surface area contributed by atoms with Gasteiger partial charge in [-0.25, -0.2) is 8.42 Å². The fraction of sp³-hybridized carbons (Fsp3) is 0.316. The normalized spacial score (nSPS) is 12.5. The van der Waals surface area contributed by atoms with Crippen molar-refractivity contribution in [3.63, 3.8) is 0 Å². The van der Waals surface area contributed by atoms with E-state index in [1.807, 2.05) is 31.2 Å². The summed E-state index contributed by atoms with van der Waals surface area (Å²) in [4.78, 5) is 14.3. The summed E-state index contributed by atoms with van der Waals surface area (Å²) in [6.45, 7) is 4.04. The highest BCUT2D eigenvalue weighted by Gasteiger charge is 2.30.